The molecule has 6 atom stereocenters. The summed E-state index contributed by atoms with van der Waals surface area (Å²) in [6, 6.07) is 34.0. The maximum atomic E-state index is 14.2. The molecule has 0 saturated carbocycles. The van der Waals surface area contributed by atoms with Gasteiger partial charge in [-0.1, -0.05) is 56.3 Å². The van der Waals surface area contributed by atoms with Crippen molar-refractivity contribution in [2.24, 2.45) is 5.92 Å². The van der Waals surface area contributed by atoms with Crippen LogP contribution < -0.4 is 20.1 Å². The molecule has 10 rings (SSSR count). The number of nitrogens with one attached hydrogen (secondary N) is 2. The van der Waals surface area contributed by atoms with E-state index in [2.05, 4.69) is 58.6 Å². The largest absolute Gasteiger partial charge is 0.507 e. The number of Topliss-reactive ketones (excluding diaryl/α,β-unsaturated/α-hetero) is 1. The van der Waals surface area contributed by atoms with Gasteiger partial charge in [0.1, 0.15) is 28.6 Å². The molecular weight excluding hydrogens is 1130 g/mol. The van der Waals surface area contributed by atoms with Gasteiger partial charge in [-0.05, 0) is 97.6 Å². The number of unbranched alkanes of at least 4 members (excludes halogenated alkanes) is 1. The molecule has 5 heterocycles. The first-order valence-electron chi connectivity index (χ1n) is 30.4. The molecule has 20 heteroatoms. The fourth-order valence-electron chi connectivity index (χ4n) is 12.2. The van der Waals surface area contributed by atoms with E-state index in [1.54, 1.807) is 31.7 Å². The lowest BCUT2D eigenvalue weighted by Crippen LogP contribution is -2.52. The molecule has 2 amide bonds. The Morgan fingerprint density at radius 1 is 0.685 bits per heavy atom. The summed E-state index contributed by atoms with van der Waals surface area (Å²) in [5, 5.41) is 41.8. The third kappa shape index (κ3) is 15.4. The molecule has 1 aliphatic heterocycles. The highest BCUT2D eigenvalue weighted by Crippen LogP contribution is 2.53. The first kappa shape index (κ1) is 63.2. The smallest absolute Gasteiger partial charge is 0.220 e. The van der Waals surface area contributed by atoms with Crippen LogP contribution in [0, 0.1) is 5.92 Å². The van der Waals surface area contributed by atoms with Crippen molar-refractivity contribution in [1.82, 2.24) is 40.4 Å². The van der Waals surface area contributed by atoms with Crippen molar-refractivity contribution in [3.05, 3.63) is 201 Å². The number of phenolic OH excluding ortho intramolecular Hbond substituents is 2. The number of pyridine rings is 4. The standard InChI is InChI=1S/C69H76N8O12/c1-5-57(78)69(85)35-53-62(68(84)64-63(66(53)82)65(81)52-21-16-22-55(86-4)61(52)67(64)83)56(36-69)89-60-34-54(43(2)44(3)88-60)75-59(80)24-23-58(79)74-29-14-15-30-87-51-32-45(37-76(39-47-17-6-10-25-70-47)40-48-18-7-11-26-71-48)31-46(33-51)38-77(41-49-19-8-12-27-72-49)42-50-20-9-13-28-73-50/h6-13,16-22,25-28,31-33,43-44,54,56,60,82,84-85H,5,14-15,23-24,29-30,34-42H2,1-4H3,(H,74,79)(H,75,80)/t43-,44+,54?,56+,60+,69+/m1/s1. The summed E-state index contributed by atoms with van der Waals surface area (Å²) < 4.78 is 24.7. The zero-order chi connectivity index (χ0) is 62.6. The van der Waals surface area contributed by atoms with E-state index in [-0.39, 0.29) is 77.8 Å². The van der Waals surface area contributed by atoms with Crippen LogP contribution in [0.25, 0.3) is 0 Å². The Balaban J connectivity index is 0.752. The summed E-state index contributed by atoms with van der Waals surface area (Å²) in [4.78, 5) is 91.5. The van der Waals surface area contributed by atoms with Crippen molar-refractivity contribution in [2.45, 2.75) is 142 Å². The first-order valence-corrected chi connectivity index (χ1v) is 30.4. The average Bonchev–Trinajstić information content (AvgIpc) is 0.807. The number of hydrogen-bond donors (Lipinski definition) is 5. The van der Waals surface area contributed by atoms with E-state index < -0.39 is 76.5 Å². The number of benzene rings is 3. The van der Waals surface area contributed by atoms with E-state index in [9.17, 15) is 39.3 Å². The van der Waals surface area contributed by atoms with Crippen LogP contribution >= 0.6 is 0 Å². The number of methoxy groups -OCH3 is 1. The zero-order valence-electron chi connectivity index (χ0n) is 50.6. The molecule has 0 radical (unpaired) electrons. The molecular formula is C69H76N8O12. The quantitative estimate of drug-likeness (QED) is 0.0238. The normalized spacial score (nSPS) is 19.5. The number of phenols is 2. The monoisotopic (exact) mass is 1210 g/mol. The van der Waals surface area contributed by atoms with Gasteiger partial charge in [-0.15, -0.1) is 0 Å². The third-order valence-electron chi connectivity index (χ3n) is 16.8. The Morgan fingerprint density at radius 3 is 1.79 bits per heavy atom. The van der Waals surface area contributed by atoms with Crippen LogP contribution in [0.3, 0.4) is 0 Å². The lowest BCUT2D eigenvalue weighted by atomic mass is 9.71. The predicted octanol–water partition coefficient (Wildman–Crippen LogP) is 8.59. The van der Waals surface area contributed by atoms with Crippen LogP contribution in [0.5, 0.6) is 23.0 Å². The van der Waals surface area contributed by atoms with Crippen molar-refractivity contribution in [3.8, 4) is 23.0 Å². The molecule has 464 valence electrons. The summed E-state index contributed by atoms with van der Waals surface area (Å²) >= 11 is 0. The summed E-state index contributed by atoms with van der Waals surface area (Å²) in [6.45, 7) is 9.68. The number of nitrogens with zero attached hydrogens (tertiary/aromatic N) is 6. The van der Waals surface area contributed by atoms with Gasteiger partial charge >= 0.3 is 0 Å². The van der Waals surface area contributed by atoms with Crippen molar-refractivity contribution in [3.63, 3.8) is 0 Å². The number of aromatic nitrogens is 4. The number of amides is 2. The van der Waals surface area contributed by atoms with Crippen LogP contribution in [0.15, 0.2) is 134 Å². The molecule has 3 aliphatic rings. The Hall–Kier alpha value is -8.79. The topological polar surface area (TPSA) is 265 Å². The minimum Gasteiger partial charge on any atom is -0.507 e. The Morgan fingerprint density at radius 2 is 1.25 bits per heavy atom. The SMILES string of the molecule is CCC(=O)[C@]1(O)Cc2c(O)c3c(c(O)c2[C@@H](O[C@H]2CC(NC(=O)CCC(=O)NCCCCOc4cc(CN(Cc5ccccn5)Cc5ccccn5)cc(CN(Cc5ccccn5)Cc5ccccn5)c4)[C@H](C)[C@H](C)O2)C1)C(=O)c1c(OC)cccc1C3=O. The fraction of sp³-hybridized carbons (Fsp3) is 0.377. The van der Waals surface area contributed by atoms with Gasteiger partial charge in [-0.3, -0.25) is 53.7 Å². The number of fused-ring (bicyclic) bond motifs is 3. The summed E-state index contributed by atoms with van der Waals surface area (Å²) in [5.41, 5.74) is 2.61. The summed E-state index contributed by atoms with van der Waals surface area (Å²) in [5.74, 6) is -3.41. The van der Waals surface area contributed by atoms with E-state index in [1.165, 1.54) is 25.3 Å². The van der Waals surface area contributed by atoms with Gasteiger partial charge in [0.25, 0.3) is 0 Å². The Labute approximate surface area is 517 Å². The average molecular weight is 1210 g/mol. The molecule has 89 heavy (non-hydrogen) atoms. The van der Waals surface area contributed by atoms with Gasteiger partial charge in [0, 0.05) is 138 Å². The minimum atomic E-state index is -2.08. The maximum absolute atomic E-state index is 14.2. The molecule has 0 spiro atoms. The molecule has 4 aromatic heterocycles. The third-order valence-corrected chi connectivity index (χ3v) is 16.8. The Bertz CT molecular complexity index is 3450. The second kappa shape index (κ2) is 29.0. The summed E-state index contributed by atoms with van der Waals surface area (Å²) in [7, 11) is 1.34. The lowest BCUT2D eigenvalue weighted by Gasteiger charge is -2.43. The first-order chi connectivity index (χ1) is 43.1. The number of hydrogen-bond acceptors (Lipinski definition) is 18. The summed E-state index contributed by atoms with van der Waals surface area (Å²) in [6.07, 6.45) is 4.63. The lowest BCUT2D eigenvalue weighted by molar-refractivity contribution is -0.238. The van der Waals surface area contributed by atoms with Crippen molar-refractivity contribution < 1.29 is 58.2 Å². The van der Waals surface area contributed by atoms with Crippen molar-refractivity contribution in [2.75, 3.05) is 20.3 Å². The number of ketones is 3. The predicted molar refractivity (Wildman–Crippen MR) is 328 cm³/mol. The molecule has 0 bridgehead atoms. The number of aromatic hydroxyl groups is 2. The van der Waals surface area contributed by atoms with E-state index in [0.717, 1.165) is 39.7 Å². The van der Waals surface area contributed by atoms with E-state index in [1.807, 2.05) is 86.6 Å². The number of rotatable bonds is 27. The van der Waals surface area contributed by atoms with Gasteiger partial charge in [0.2, 0.25) is 17.6 Å². The second-order valence-corrected chi connectivity index (χ2v) is 23.2. The second-order valence-electron chi connectivity index (χ2n) is 23.2. The van der Waals surface area contributed by atoms with Gasteiger partial charge in [0.05, 0.1) is 65.4 Å². The molecule has 7 aromatic rings. The van der Waals surface area contributed by atoms with Crippen LogP contribution in [-0.2, 0) is 69.5 Å². The molecule has 1 unspecified atom stereocenters. The number of carbonyl (C=O) groups excluding carboxylic acids is 5. The number of carbonyl (C=O) groups is 5. The van der Waals surface area contributed by atoms with E-state index in [4.69, 9.17) is 18.9 Å². The van der Waals surface area contributed by atoms with Crippen LogP contribution in [0.4, 0.5) is 0 Å². The highest BCUT2D eigenvalue weighted by molar-refractivity contribution is 6.31. The van der Waals surface area contributed by atoms with Crippen LogP contribution in [0.1, 0.15) is 149 Å². The maximum Gasteiger partial charge on any atom is 0.220 e. The van der Waals surface area contributed by atoms with E-state index in [0.29, 0.717) is 65.3 Å². The van der Waals surface area contributed by atoms with Crippen molar-refractivity contribution in [1.29, 1.82) is 0 Å². The molecule has 3 aromatic carbocycles. The highest BCUT2D eigenvalue weighted by Gasteiger charge is 2.50. The van der Waals surface area contributed by atoms with Gasteiger partial charge in [0.15, 0.2) is 17.9 Å². The van der Waals surface area contributed by atoms with Crippen LogP contribution in [0.2, 0.25) is 0 Å². The number of aliphatic hydroxyl groups is 1. The molecule has 2 aliphatic carbocycles. The molecule has 1 fully saturated rings. The minimum absolute atomic E-state index is 0.0395. The van der Waals surface area contributed by atoms with Gasteiger partial charge in [-0.25, -0.2) is 0 Å². The number of ether oxygens (including phenoxy) is 4. The van der Waals surface area contributed by atoms with Gasteiger partial charge in [-0.2, -0.15) is 0 Å². The van der Waals surface area contributed by atoms with Gasteiger partial charge < -0.3 is 44.9 Å². The van der Waals surface area contributed by atoms with Crippen LogP contribution in [-0.4, -0.2) is 119 Å². The van der Waals surface area contributed by atoms with Crippen molar-refractivity contribution >= 4 is 29.2 Å². The fourth-order valence-corrected chi connectivity index (χ4v) is 12.2. The zero-order valence-corrected chi connectivity index (χ0v) is 50.6. The highest BCUT2D eigenvalue weighted by atomic mass is 16.7. The Kier molecular flexibility index (Phi) is 20.6. The molecule has 5 N–H and O–H groups in total. The molecule has 20 nitrogen and oxygen atoms in total. The molecule has 1 saturated heterocycles. The van der Waals surface area contributed by atoms with E-state index >= 15 is 0 Å².